The molecule has 31 heavy (non-hydrogen) atoms. The van der Waals surface area contributed by atoms with E-state index in [1.54, 1.807) is 24.3 Å². The van der Waals surface area contributed by atoms with E-state index in [1.807, 2.05) is 26.8 Å². The van der Waals surface area contributed by atoms with Crippen LogP contribution in [0.2, 0.25) is 0 Å². The summed E-state index contributed by atoms with van der Waals surface area (Å²) in [6.45, 7) is 5.76. The first-order chi connectivity index (χ1) is 14.5. The van der Waals surface area contributed by atoms with Gasteiger partial charge in [0.15, 0.2) is 11.5 Å². The zero-order valence-electron chi connectivity index (χ0n) is 18.3. The van der Waals surface area contributed by atoms with Gasteiger partial charge in [-0.3, -0.25) is 9.10 Å². The molecule has 7 nitrogen and oxygen atoms in total. The van der Waals surface area contributed by atoms with Gasteiger partial charge in [-0.2, -0.15) is 0 Å². The van der Waals surface area contributed by atoms with Gasteiger partial charge in [0.25, 0.3) is 15.9 Å². The van der Waals surface area contributed by atoms with E-state index in [-0.39, 0.29) is 16.3 Å². The molecule has 0 spiro atoms. The molecule has 0 saturated heterocycles. The fourth-order valence-corrected chi connectivity index (χ4v) is 5.16. The van der Waals surface area contributed by atoms with E-state index in [2.05, 4.69) is 5.32 Å². The molecule has 166 valence electrons. The number of carbonyl (C=O) groups excluding carboxylic acids is 1. The molecule has 1 amide bonds. The van der Waals surface area contributed by atoms with Crippen molar-refractivity contribution in [3.05, 3.63) is 47.3 Å². The number of hydrogen-bond donors (Lipinski definition) is 1. The molecule has 0 bridgehead atoms. The van der Waals surface area contributed by atoms with Gasteiger partial charge >= 0.3 is 0 Å². The lowest BCUT2D eigenvalue weighted by Gasteiger charge is -2.20. The van der Waals surface area contributed by atoms with Crippen molar-refractivity contribution in [1.29, 1.82) is 0 Å². The van der Waals surface area contributed by atoms with Gasteiger partial charge in [-0.15, -0.1) is 11.3 Å². The fraction of sp³-hybridized carbons (Fsp3) is 0.318. The molecule has 0 aliphatic heterocycles. The number of ether oxygens (including phenoxy) is 2. The zero-order chi connectivity index (χ0) is 23.0. The van der Waals surface area contributed by atoms with Gasteiger partial charge in [0.1, 0.15) is 0 Å². The van der Waals surface area contributed by atoms with Crippen LogP contribution in [-0.2, 0) is 10.0 Å². The second-order valence-electron chi connectivity index (χ2n) is 8.03. The summed E-state index contributed by atoms with van der Waals surface area (Å²) in [6.07, 6.45) is 0. The van der Waals surface area contributed by atoms with Gasteiger partial charge in [0.2, 0.25) is 0 Å². The van der Waals surface area contributed by atoms with Crippen LogP contribution in [0.15, 0.2) is 47.4 Å². The highest BCUT2D eigenvalue weighted by atomic mass is 32.2. The molecule has 0 radical (unpaired) electrons. The summed E-state index contributed by atoms with van der Waals surface area (Å²) in [5.74, 6) is 0.631. The summed E-state index contributed by atoms with van der Waals surface area (Å²) in [5.41, 5.74) is 0.148. The van der Waals surface area contributed by atoms with Crippen molar-refractivity contribution < 1.29 is 22.7 Å². The summed E-state index contributed by atoms with van der Waals surface area (Å²) in [5, 5.41) is 3.74. The lowest BCUT2D eigenvalue weighted by atomic mass is 10.1. The number of thiophene rings is 1. The number of carbonyl (C=O) groups is 1. The standard InChI is InChI=1S/C22H26N2O5S2/c1-22(2,3)23-21(25)20-12-14-11-15(7-10-19(14)30-20)24(4)31(26,27)16-8-9-17(28-5)18(13-16)29-6/h7-13H,1-6H3,(H,23,25). The average Bonchev–Trinajstić information content (AvgIpc) is 3.15. The number of anilines is 1. The van der Waals surface area contributed by atoms with Gasteiger partial charge in [0.05, 0.1) is 29.7 Å². The number of nitrogens with one attached hydrogen (secondary N) is 1. The van der Waals surface area contributed by atoms with Crippen LogP contribution in [0.3, 0.4) is 0 Å². The van der Waals surface area contributed by atoms with Gasteiger partial charge in [-0.05, 0) is 62.6 Å². The number of nitrogens with zero attached hydrogens (tertiary/aromatic N) is 1. The monoisotopic (exact) mass is 462 g/mol. The summed E-state index contributed by atoms with van der Waals surface area (Å²) >= 11 is 1.37. The van der Waals surface area contributed by atoms with Crippen molar-refractivity contribution in [3.8, 4) is 11.5 Å². The van der Waals surface area contributed by atoms with Gasteiger partial charge in [0, 0.05) is 23.4 Å². The van der Waals surface area contributed by atoms with Crippen LogP contribution >= 0.6 is 11.3 Å². The lowest BCUT2D eigenvalue weighted by molar-refractivity contribution is 0.0924. The van der Waals surface area contributed by atoms with Crippen molar-refractivity contribution in [2.45, 2.75) is 31.2 Å². The molecule has 0 saturated carbocycles. The van der Waals surface area contributed by atoms with E-state index in [0.717, 1.165) is 10.1 Å². The Balaban J connectivity index is 1.94. The van der Waals surface area contributed by atoms with Crippen LogP contribution in [0, 0.1) is 0 Å². The van der Waals surface area contributed by atoms with Crippen LogP contribution in [0.5, 0.6) is 11.5 Å². The van der Waals surface area contributed by atoms with Gasteiger partial charge < -0.3 is 14.8 Å². The minimum absolute atomic E-state index is 0.0864. The van der Waals surface area contributed by atoms with Crippen molar-refractivity contribution in [1.82, 2.24) is 5.32 Å². The third-order valence-corrected chi connectivity index (χ3v) is 7.49. The second kappa shape index (κ2) is 8.39. The van der Waals surface area contributed by atoms with Crippen LogP contribution in [-0.4, -0.2) is 41.1 Å². The first kappa shape index (κ1) is 22.9. The third kappa shape index (κ3) is 4.77. The Morgan fingerprint density at radius 2 is 1.68 bits per heavy atom. The van der Waals surface area contributed by atoms with Crippen LogP contribution in [0.1, 0.15) is 30.4 Å². The van der Waals surface area contributed by atoms with Crippen LogP contribution in [0.25, 0.3) is 10.1 Å². The smallest absolute Gasteiger partial charge is 0.264 e. The van der Waals surface area contributed by atoms with Crippen molar-refractivity contribution >= 4 is 43.0 Å². The Morgan fingerprint density at radius 1 is 1.00 bits per heavy atom. The average molecular weight is 463 g/mol. The molecule has 0 unspecified atom stereocenters. The number of sulfonamides is 1. The molecule has 1 heterocycles. The minimum atomic E-state index is -3.83. The Labute approximate surface area is 186 Å². The number of amides is 1. The first-order valence-electron chi connectivity index (χ1n) is 9.53. The van der Waals surface area contributed by atoms with E-state index in [4.69, 9.17) is 9.47 Å². The molecule has 3 rings (SSSR count). The van der Waals surface area contributed by atoms with Gasteiger partial charge in [-0.25, -0.2) is 8.42 Å². The van der Waals surface area contributed by atoms with Gasteiger partial charge in [-0.1, -0.05) is 0 Å². The highest BCUT2D eigenvalue weighted by Crippen LogP contribution is 2.34. The molecular formula is C22H26N2O5S2. The number of methoxy groups -OCH3 is 2. The molecule has 1 aromatic heterocycles. The largest absolute Gasteiger partial charge is 0.493 e. The quantitative estimate of drug-likeness (QED) is 0.591. The summed E-state index contributed by atoms with van der Waals surface area (Å²) < 4.78 is 38.9. The lowest BCUT2D eigenvalue weighted by Crippen LogP contribution is -2.40. The molecule has 0 aliphatic rings. The molecule has 9 heteroatoms. The normalized spacial score (nSPS) is 11.9. The van der Waals surface area contributed by atoms with E-state index >= 15 is 0 Å². The maximum Gasteiger partial charge on any atom is 0.264 e. The molecule has 1 N–H and O–H groups in total. The highest BCUT2D eigenvalue weighted by molar-refractivity contribution is 7.92. The molecule has 0 aliphatic carbocycles. The van der Waals surface area contributed by atoms with Crippen molar-refractivity contribution in [2.75, 3.05) is 25.6 Å². The molecular weight excluding hydrogens is 436 g/mol. The van der Waals surface area contributed by atoms with E-state index in [9.17, 15) is 13.2 Å². The fourth-order valence-electron chi connectivity index (χ4n) is 3.01. The van der Waals surface area contributed by atoms with E-state index < -0.39 is 10.0 Å². The Bertz CT molecular complexity index is 1230. The first-order valence-corrected chi connectivity index (χ1v) is 11.8. The molecule has 2 aromatic carbocycles. The summed E-state index contributed by atoms with van der Waals surface area (Å²) in [6, 6.07) is 11.6. The summed E-state index contributed by atoms with van der Waals surface area (Å²) in [4.78, 5) is 13.1. The predicted molar refractivity (Wildman–Crippen MR) is 124 cm³/mol. The Hall–Kier alpha value is -2.78. The SMILES string of the molecule is COc1ccc(S(=O)(=O)N(C)c2ccc3sc(C(=O)NC(C)(C)C)cc3c2)cc1OC. The highest BCUT2D eigenvalue weighted by Gasteiger charge is 2.24. The zero-order valence-corrected chi connectivity index (χ0v) is 20.0. The van der Waals surface area contributed by atoms with Crippen molar-refractivity contribution in [2.24, 2.45) is 0 Å². The molecule has 0 fully saturated rings. The van der Waals surface area contributed by atoms with Crippen molar-refractivity contribution in [3.63, 3.8) is 0 Å². The number of fused-ring (bicyclic) bond motifs is 1. The molecule has 0 atom stereocenters. The maximum atomic E-state index is 13.2. The summed E-state index contributed by atoms with van der Waals surface area (Å²) in [7, 11) is 0.607. The Kier molecular flexibility index (Phi) is 6.20. The maximum absolute atomic E-state index is 13.2. The second-order valence-corrected chi connectivity index (χ2v) is 11.1. The predicted octanol–water partition coefficient (Wildman–Crippen LogP) is 4.27. The number of hydrogen-bond acceptors (Lipinski definition) is 6. The topological polar surface area (TPSA) is 84.9 Å². The number of benzene rings is 2. The van der Waals surface area contributed by atoms with Crippen LogP contribution < -0.4 is 19.1 Å². The number of rotatable bonds is 6. The van der Waals surface area contributed by atoms with Crippen LogP contribution in [0.4, 0.5) is 5.69 Å². The molecule has 3 aromatic rings. The van der Waals surface area contributed by atoms with E-state index in [1.165, 1.54) is 49.0 Å². The third-order valence-electron chi connectivity index (χ3n) is 4.59. The van der Waals surface area contributed by atoms with E-state index in [0.29, 0.717) is 22.1 Å². The minimum Gasteiger partial charge on any atom is -0.493 e. The Morgan fingerprint density at radius 3 is 2.29 bits per heavy atom.